The highest BCUT2D eigenvalue weighted by Gasteiger charge is 2.38. The summed E-state index contributed by atoms with van der Waals surface area (Å²) in [7, 11) is 4.13. The number of thiophene rings is 1. The number of hydrogen-bond donors (Lipinski definition) is 1. The van der Waals surface area contributed by atoms with Gasteiger partial charge in [0.15, 0.2) is 0 Å². The highest BCUT2D eigenvalue weighted by molar-refractivity contribution is 7.16. The van der Waals surface area contributed by atoms with Crippen LogP contribution in [0.1, 0.15) is 30.2 Å². The van der Waals surface area contributed by atoms with E-state index in [1.165, 1.54) is 5.56 Å². The Labute approximate surface area is 214 Å². The summed E-state index contributed by atoms with van der Waals surface area (Å²) in [4.78, 5) is 28.1. The van der Waals surface area contributed by atoms with E-state index in [4.69, 9.17) is 19.4 Å². The lowest BCUT2D eigenvalue weighted by Gasteiger charge is -2.32. The van der Waals surface area contributed by atoms with Gasteiger partial charge in [-0.05, 0) is 43.9 Å². The highest BCUT2D eigenvalue weighted by Crippen LogP contribution is 2.33. The van der Waals surface area contributed by atoms with Crippen LogP contribution in [-0.2, 0) is 11.3 Å². The van der Waals surface area contributed by atoms with Crippen molar-refractivity contribution >= 4 is 33.3 Å². The first-order valence-electron chi connectivity index (χ1n) is 11.4. The van der Waals surface area contributed by atoms with Crippen molar-refractivity contribution in [3.05, 3.63) is 53.5 Å². The minimum absolute atomic E-state index is 0.205. The second-order valence-electron chi connectivity index (χ2n) is 8.82. The maximum atomic E-state index is 10.6. The lowest BCUT2D eigenvalue weighted by Crippen LogP contribution is -2.35. The fraction of sp³-hybridized carbons (Fsp3) is 0.375. The Morgan fingerprint density at radius 2 is 1.95 bits per heavy atom. The van der Waals surface area contributed by atoms with Gasteiger partial charge in [-0.3, -0.25) is 0 Å². The monoisotopic (exact) mass is 534 g/mol. The minimum Gasteiger partial charge on any atom is -0.475 e. The number of piperidine rings is 1. The summed E-state index contributed by atoms with van der Waals surface area (Å²) in [5, 5.41) is 14.6. The number of fused-ring (bicyclic) bond motifs is 1. The summed E-state index contributed by atoms with van der Waals surface area (Å²) in [6.07, 6.45) is -1.32. The molecule has 1 aromatic carbocycles. The number of carboxylic acid groups (broad SMARTS) is 1. The third-order valence-electron chi connectivity index (χ3n) is 5.71. The van der Waals surface area contributed by atoms with Crippen LogP contribution in [0.4, 0.5) is 19.0 Å². The standard InChI is InChI=1S/C22H24N6OS.C2HF3O2/c1-27(2)12-15-5-7-16(8-6-15)19-25-21(29-26-19)17-4-3-10-28(13-17)20-18-9-11-30-22(18)24-14-23-20;3-2(4,5)1(6)7/h5-9,11,14,17H,3-4,10,12-13H2,1-2H3;(H,6,7). The van der Waals surface area contributed by atoms with Gasteiger partial charge < -0.3 is 19.4 Å². The van der Waals surface area contributed by atoms with Gasteiger partial charge in [0.05, 0.1) is 11.3 Å². The molecule has 0 spiro atoms. The number of alkyl halides is 3. The lowest BCUT2D eigenvalue weighted by atomic mass is 9.98. The van der Waals surface area contributed by atoms with Crippen molar-refractivity contribution in [3.8, 4) is 11.4 Å². The molecule has 4 heterocycles. The van der Waals surface area contributed by atoms with E-state index < -0.39 is 12.1 Å². The number of anilines is 1. The van der Waals surface area contributed by atoms with Gasteiger partial charge in [0.25, 0.3) is 0 Å². The van der Waals surface area contributed by atoms with Crippen LogP contribution in [0.3, 0.4) is 0 Å². The number of aromatic nitrogens is 4. The molecule has 0 bridgehead atoms. The number of benzene rings is 1. The first-order chi connectivity index (χ1) is 17.6. The first kappa shape index (κ1) is 26.5. The molecule has 1 unspecified atom stereocenters. The normalized spacial score (nSPS) is 16.1. The quantitative estimate of drug-likeness (QED) is 0.385. The van der Waals surface area contributed by atoms with Gasteiger partial charge in [-0.1, -0.05) is 29.4 Å². The number of aliphatic carboxylic acids is 1. The van der Waals surface area contributed by atoms with Gasteiger partial charge in [-0.25, -0.2) is 14.8 Å². The molecule has 1 aliphatic rings. The number of hydrogen-bond acceptors (Lipinski definition) is 9. The molecule has 37 heavy (non-hydrogen) atoms. The Hall–Kier alpha value is -3.58. The summed E-state index contributed by atoms with van der Waals surface area (Å²) in [5.74, 6) is -0.185. The zero-order chi connectivity index (χ0) is 26.6. The third-order valence-corrected chi connectivity index (χ3v) is 6.53. The van der Waals surface area contributed by atoms with E-state index in [1.807, 2.05) is 0 Å². The molecule has 196 valence electrons. The smallest absolute Gasteiger partial charge is 0.475 e. The van der Waals surface area contributed by atoms with Crippen LogP contribution in [0.2, 0.25) is 0 Å². The van der Waals surface area contributed by atoms with Crippen molar-refractivity contribution in [3.63, 3.8) is 0 Å². The number of halogens is 3. The van der Waals surface area contributed by atoms with Crippen molar-refractivity contribution in [1.29, 1.82) is 0 Å². The van der Waals surface area contributed by atoms with Crippen LogP contribution >= 0.6 is 11.3 Å². The summed E-state index contributed by atoms with van der Waals surface area (Å²) in [6, 6.07) is 10.5. The van der Waals surface area contributed by atoms with E-state index in [1.54, 1.807) is 17.7 Å². The molecule has 1 aliphatic heterocycles. The van der Waals surface area contributed by atoms with Gasteiger partial charge in [-0.2, -0.15) is 18.2 Å². The average Bonchev–Trinajstić information content (AvgIpc) is 3.54. The molecule has 1 fully saturated rings. The molecule has 4 aromatic rings. The molecule has 9 nitrogen and oxygen atoms in total. The van der Waals surface area contributed by atoms with E-state index in [9.17, 15) is 13.2 Å². The van der Waals surface area contributed by atoms with E-state index in [-0.39, 0.29) is 5.92 Å². The van der Waals surface area contributed by atoms with Crippen molar-refractivity contribution in [2.45, 2.75) is 31.5 Å². The zero-order valence-electron chi connectivity index (χ0n) is 20.1. The fourth-order valence-electron chi connectivity index (χ4n) is 4.04. The molecule has 0 amide bonds. The zero-order valence-corrected chi connectivity index (χ0v) is 21.0. The van der Waals surface area contributed by atoms with Gasteiger partial charge in [0, 0.05) is 25.2 Å². The second-order valence-corrected chi connectivity index (χ2v) is 9.71. The van der Waals surface area contributed by atoms with Crippen molar-refractivity contribution in [2.24, 2.45) is 0 Å². The van der Waals surface area contributed by atoms with Gasteiger partial charge >= 0.3 is 12.1 Å². The number of nitrogens with zero attached hydrogens (tertiary/aromatic N) is 6. The van der Waals surface area contributed by atoms with Crippen LogP contribution < -0.4 is 4.90 Å². The van der Waals surface area contributed by atoms with Crippen molar-refractivity contribution < 1.29 is 27.6 Å². The van der Waals surface area contributed by atoms with Gasteiger partial charge in [0.1, 0.15) is 17.0 Å². The predicted molar refractivity (Wildman–Crippen MR) is 132 cm³/mol. The van der Waals surface area contributed by atoms with Crippen molar-refractivity contribution in [1.82, 2.24) is 25.0 Å². The Kier molecular flexibility index (Phi) is 8.03. The summed E-state index contributed by atoms with van der Waals surface area (Å²) in [5.41, 5.74) is 2.25. The molecule has 13 heteroatoms. The second kappa shape index (κ2) is 11.2. The predicted octanol–water partition coefficient (Wildman–Crippen LogP) is 4.82. The molecule has 0 saturated carbocycles. The molecule has 1 saturated heterocycles. The Morgan fingerprint density at radius 3 is 2.62 bits per heavy atom. The lowest BCUT2D eigenvalue weighted by molar-refractivity contribution is -0.192. The van der Waals surface area contributed by atoms with E-state index >= 15 is 0 Å². The molecule has 3 aromatic heterocycles. The summed E-state index contributed by atoms with van der Waals surface area (Å²) in [6.45, 7) is 2.72. The fourth-order valence-corrected chi connectivity index (χ4v) is 4.77. The molecular formula is C24H25F3N6O3S. The van der Waals surface area contributed by atoms with Crippen LogP contribution in [0.25, 0.3) is 21.6 Å². The molecule has 1 atom stereocenters. The topological polar surface area (TPSA) is 108 Å². The van der Waals surface area contributed by atoms with Gasteiger partial charge in [-0.15, -0.1) is 11.3 Å². The molecular weight excluding hydrogens is 509 g/mol. The van der Waals surface area contributed by atoms with Crippen molar-refractivity contribution in [2.75, 3.05) is 32.1 Å². The van der Waals surface area contributed by atoms with Crippen LogP contribution in [0.15, 0.2) is 46.6 Å². The molecule has 0 radical (unpaired) electrons. The summed E-state index contributed by atoms with van der Waals surface area (Å²) >= 11 is 1.65. The highest BCUT2D eigenvalue weighted by atomic mass is 32.1. The first-order valence-corrected chi connectivity index (χ1v) is 12.3. The Bertz CT molecular complexity index is 1340. The Morgan fingerprint density at radius 1 is 1.22 bits per heavy atom. The SMILES string of the molecule is CN(C)Cc1ccc(-c2noc(C3CCCN(c4ncnc5sccc45)C3)n2)cc1.O=C(O)C(F)(F)F. The maximum absolute atomic E-state index is 10.6. The van der Waals surface area contributed by atoms with E-state index in [0.717, 1.165) is 54.1 Å². The average molecular weight is 535 g/mol. The van der Waals surface area contributed by atoms with Crippen LogP contribution in [0.5, 0.6) is 0 Å². The van der Waals surface area contributed by atoms with Crippen LogP contribution in [0, 0.1) is 0 Å². The maximum Gasteiger partial charge on any atom is 0.490 e. The summed E-state index contributed by atoms with van der Waals surface area (Å²) < 4.78 is 37.4. The molecule has 5 rings (SSSR count). The van der Waals surface area contributed by atoms with E-state index in [2.05, 4.69) is 74.7 Å². The minimum atomic E-state index is -5.08. The number of carbonyl (C=O) groups is 1. The van der Waals surface area contributed by atoms with Crippen LogP contribution in [-0.4, -0.2) is 69.4 Å². The molecule has 0 aliphatic carbocycles. The molecule has 1 N–H and O–H groups in total. The van der Waals surface area contributed by atoms with E-state index in [0.29, 0.717) is 11.7 Å². The largest absolute Gasteiger partial charge is 0.490 e. The van der Waals surface area contributed by atoms with Gasteiger partial charge in [0.2, 0.25) is 11.7 Å². The third kappa shape index (κ3) is 6.60. The Balaban J connectivity index is 0.000000405. The number of carboxylic acids is 1. The number of rotatable bonds is 5.